The second-order valence-electron chi connectivity index (χ2n) is 3.43. The van der Waals surface area contributed by atoms with Gasteiger partial charge < -0.3 is 5.32 Å². The van der Waals surface area contributed by atoms with E-state index in [0.717, 1.165) is 22.1 Å². The predicted molar refractivity (Wildman–Crippen MR) is 65.7 cm³/mol. The molecule has 1 unspecified atom stereocenters. The number of benzene rings is 1. The van der Waals surface area contributed by atoms with E-state index < -0.39 is 0 Å². The lowest BCUT2D eigenvalue weighted by molar-refractivity contribution is 0.532. The van der Waals surface area contributed by atoms with Gasteiger partial charge in [0.05, 0.1) is 0 Å². The second kappa shape index (κ2) is 5.66. The van der Waals surface area contributed by atoms with Crippen molar-refractivity contribution in [3.05, 3.63) is 33.1 Å². The summed E-state index contributed by atoms with van der Waals surface area (Å²) < 4.78 is 13.8. The standard InChI is InChI=1S/C11H15FIN/c1-3-8(2)14-7-9-4-5-10(12)6-11(9)13/h4-6,8,14H,3,7H2,1-2H3. The van der Waals surface area contributed by atoms with E-state index in [4.69, 9.17) is 0 Å². The molecule has 1 aromatic carbocycles. The molecule has 0 amide bonds. The van der Waals surface area contributed by atoms with Crippen molar-refractivity contribution in [2.45, 2.75) is 32.9 Å². The van der Waals surface area contributed by atoms with Crippen LogP contribution in [0.15, 0.2) is 18.2 Å². The summed E-state index contributed by atoms with van der Waals surface area (Å²) in [5.74, 6) is -0.165. The van der Waals surface area contributed by atoms with Crippen molar-refractivity contribution >= 4 is 22.6 Å². The van der Waals surface area contributed by atoms with Crippen molar-refractivity contribution in [2.75, 3.05) is 0 Å². The Labute approximate surface area is 98.2 Å². The van der Waals surface area contributed by atoms with E-state index in [-0.39, 0.29) is 5.82 Å². The van der Waals surface area contributed by atoms with Crippen LogP contribution < -0.4 is 5.32 Å². The summed E-state index contributed by atoms with van der Waals surface area (Å²) in [6, 6.07) is 5.42. The summed E-state index contributed by atoms with van der Waals surface area (Å²) in [5.41, 5.74) is 1.16. The number of hydrogen-bond donors (Lipinski definition) is 1. The van der Waals surface area contributed by atoms with Gasteiger partial charge in [-0.1, -0.05) is 13.0 Å². The highest BCUT2D eigenvalue weighted by atomic mass is 127. The lowest BCUT2D eigenvalue weighted by Crippen LogP contribution is -2.24. The Bertz CT molecular complexity index is 301. The van der Waals surface area contributed by atoms with Gasteiger partial charge in [-0.25, -0.2) is 4.39 Å². The van der Waals surface area contributed by atoms with Crippen LogP contribution in [0.4, 0.5) is 4.39 Å². The molecule has 1 atom stereocenters. The summed E-state index contributed by atoms with van der Waals surface area (Å²) in [5, 5.41) is 3.38. The molecule has 0 aromatic heterocycles. The van der Waals surface area contributed by atoms with Crippen LogP contribution in [0.5, 0.6) is 0 Å². The molecule has 14 heavy (non-hydrogen) atoms. The fourth-order valence-corrected chi connectivity index (χ4v) is 1.76. The molecule has 78 valence electrons. The summed E-state index contributed by atoms with van der Waals surface area (Å²) >= 11 is 2.16. The van der Waals surface area contributed by atoms with Crippen LogP contribution in [0, 0.1) is 9.39 Å². The monoisotopic (exact) mass is 307 g/mol. The van der Waals surface area contributed by atoms with Gasteiger partial charge in [0, 0.05) is 16.2 Å². The zero-order valence-electron chi connectivity index (χ0n) is 8.48. The van der Waals surface area contributed by atoms with Gasteiger partial charge >= 0.3 is 0 Å². The van der Waals surface area contributed by atoms with Crippen LogP contribution in [-0.4, -0.2) is 6.04 Å². The topological polar surface area (TPSA) is 12.0 Å². The molecular weight excluding hydrogens is 292 g/mol. The average Bonchev–Trinajstić information content (AvgIpc) is 2.16. The molecule has 1 N–H and O–H groups in total. The van der Waals surface area contributed by atoms with Crippen LogP contribution in [0.25, 0.3) is 0 Å². The van der Waals surface area contributed by atoms with Crippen molar-refractivity contribution in [1.82, 2.24) is 5.32 Å². The molecule has 0 heterocycles. The van der Waals surface area contributed by atoms with Gasteiger partial charge in [0.1, 0.15) is 5.82 Å². The number of rotatable bonds is 4. The summed E-state index contributed by atoms with van der Waals surface area (Å²) in [6.45, 7) is 5.11. The highest BCUT2D eigenvalue weighted by Gasteiger charge is 2.02. The van der Waals surface area contributed by atoms with E-state index in [9.17, 15) is 4.39 Å². The lowest BCUT2D eigenvalue weighted by atomic mass is 10.2. The van der Waals surface area contributed by atoms with Gasteiger partial charge in [0.15, 0.2) is 0 Å². The molecule has 1 nitrogen and oxygen atoms in total. The fraction of sp³-hybridized carbons (Fsp3) is 0.455. The van der Waals surface area contributed by atoms with Crippen molar-refractivity contribution in [3.8, 4) is 0 Å². The summed E-state index contributed by atoms with van der Waals surface area (Å²) in [4.78, 5) is 0. The zero-order valence-corrected chi connectivity index (χ0v) is 10.6. The second-order valence-corrected chi connectivity index (χ2v) is 4.59. The predicted octanol–water partition coefficient (Wildman–Crippen LogP) is 3.32. The van der Waals surface area contributed by atoms with E-state index in [2.05, 4.69) is 41.8 Å². The van der Waals surface area contributed by atoms with Crippen LogP contribution in [-0.2, 0) is 6.54 Å². The third-order valence-corrected chi connectivity index (χ3v) is 3.27. The van der Waals surface area contributed by atoms with Crippen LogP contribution in [0.3, 0.4) is 0 Å². The molecule has 0 saturated carbocycles. The molecule has 0 aliphatic heterocycles. The molecule has 0 fully saturated rings. The number of hydrogen-bond acceptors (Lipinski definition) is 1. The van der Waals surface area contributed by atoms with Gasteiger partial charge in [-0.15, -0.1) is 0 Å². The maximum absolute atomic E-state index is 12.8. The SMILES string of the molecule is CCC(C)NCc1ccc(F)cc1I. The first kappa shape index (κ1) is 11.9. The summed E-state index contributed by atoms with van der Waals surface area (Å²) in [6.07, 6.45) is 1.11. The Morgan fingerprint density at radius 2 is 2.21 bits per heavy atom. The van der Waals surface area contributed by atoms with Crippen molar-refractivity contribution in [2.24, 2.45) is 0 Å². The first-order chi connectivity index (χ1) is 6.63. The largest absolute Gasteiger partial charge is 0.310 e. The third-order valence-electron chi connectivity index (χ3n) is 2.27. The molecule has 0 bridgehead atoms. The fourth-order valence-electron chi connectivity index (χ4n) is 1.09. The van der Waals surface area contributed by atoms with Crippen LogP contribution >= 0.6 is 22.6 Å². The normalized spacial score (nSPS) is 12.9. The maximum Gasteiger partial charge on any atom is 0.124 e. The highest BCUT2D eigenvalue weighted by molar-refractivity contribution is 14.1. The molecule has 3 heteroatoms. The van der Waals surface area contributed by atoms with Crippen molar-refractivity contribution in [3.63, 3.8) is 0 Å². The minimum atomic E-state index is -0.165. The quantitative estimate of drug-likeness (QED) is 0.842. The minimum absolute atomic E-state index is 0.165. The highest BCUT2D eigenvalue weighted by Crippen LogP contribution is 2.13. The third kappa shape index (κ3) is 3.53. The molecule has 1 aromatic rings. The van der Waals surface area contributed by atoms with E-state index in [1.54, 1.807) is 6.07 Å². The van der Waals surface area contributed by atoms with Gasteiger partial charge in [-0.2, -0.15) is 0 Å². The molecule has 0 radical (unpaired) electrons. The van der Waals surface area contributed by atoms with Gasteiger partial charge in [-0.3, -0.25) is 0 Å². The smallest absolute Gasteiger partial charge is 0.124 e. The molecule has 0 saturated heterocycles. The van der Waals surface area contributed by atoms with Crippen LogP contribution in [0.2, 0.25) is 0 Å². The van der Waals surface area contributed by atoms with E-state index in [1.807, 2.05) is 6.07 Å². The lowest BCUT2D eigenvalue weighted by Gasteiger charge is -2.12. The average molecular weight is 307 g/mol. The van der Waals surface area contributed by atoms with E-state index >= 15 is 0 Å². The zero-order chi connectivity index (χ0) is 10.6. The van der Waals surface area contributed by atoms with E-state index in [1.165, 1.54) is 6.07 Å². The van der Waals surface area contributed by atoms with Gasteiger partial charge in [-0.05, 0) is 53.6 Å². The Morgan fingerprint density at radius 1 is 1.50 bits per heavy atom. The first-order valence-corrected chi connectivity index (χ1v) is 5.88. The Kier molecular flexibility index (Phi) is 4.81. The Morgan fingerprint density at radius 3 is 2.79 bits per heavy atom. The molecule has 0 aliphatic carbocycles. The Balaban J connectivity index is 2.59. The summed E-state index contributed by atoms with van der Waals surface area (Å²) in [7, 11) is 0. The number of halogens is 2. The maximum atomic E-state index is 12.8. The van der Waals surface area contributed by atoms with Gasteiger partial charge in [0.25, 0.3) is 0 Å². The van der Waals surface area contributed by atoms with E-state index in [0.29, 0.717) is 6.04 Å². The first-order valence-electron chi connectivity index (χ1n) is 4.80. The van der Waals surface area contributed by atoms with Gasteiger partial charge in [0.2, 0.25) is 0 Å². The molecule has 0 spiro atoms. The van der Waals surface area contributed by atoms with Crippen molar-refractivity contribution in [1.29, 1.82) is 0 Å². The number of nitrogens with one attached hydrogen (secondary N) is 1. The van der Waals surface area contributed by atoms with Crippen LogP contribution in [0.1, 0.15) is 25.8 Å². The minimum Gasteiger partial charge on any atom is -0.310 e. The van der Waals surface area contributed by atoms with Crippen molar-refractivity contribution < 1.29 is 4.39 Å². The molecular formula is C11H15FIN. The molecule has 0 aliphatic rings. The Hall–Kier alpha value is -0.160. The molecule has 1 rings (SSSR count).